The summed E-state index contributed by atoms with van der Waals surface area (Å²) in [7, 11) is 0. The maximum absolute atomic E-state index is 12.6. The maximum Gasteiger partial charge on any atom is 0.238 e. The summed E-state index contributed by atoms with van der Waals surface area (Å²) in [6, 6.07) is 19.9. The summed E-state index contributed by atoms with van der Waals surface area (Å²) in [5, 5.41) is 2.76. The smallest absolute Gasteiger partial charge is 0.238 e. The van der Waals surface area contributed by atoms with Crippen molar-refractivity contribution in [2.75, 3.05) is 13.1 Å². The fourth-order valence-electron chi connectivity index (χ4n) is 1.99. The third kappa shape index (κ3) is 6.26. The summed E-state index contributed by atoms with van der Waals surface area (Å²) < 4.78 is 0. The standard InChI is InChI=1S/C18H22N2OS.ClH/c1-14(12-19)13-20-18(21)17(15-8-4-2-5-9-15)22-16-10-6-3-7-11-16;/h2-11,14,17H,12-13,19H2,1H3,(H,20,21);1H. The van der Waals surface area contributed by atoms with Gasteiger partial charge < -0.3 is 11.1 Å². The molecule has 0 fully saturated rings. The van der Waals surface area contributed by atoms with Gasteiger partial charge in [-0.2, -0.15) is 0 Å². The Balaban J connectivity index is 0.00000264. The molecule has 0 aliphatic heterocycles. The second kappa shape index (κ2) is 10.3. The van der Waals surface area contributed by atoms with E-state index in [9.17, 15) is 4.79 Å². The molecule has 2 atom stereocenters. The summed E-state index contributed by atoms with van der Waals surface area (Å²) in [4.78, 5) is 13.7. The van der Waals surface area contributed by atoms with E-state index in [0.29, 0.717) is 13.1 Å². The molecule has 0 aliphatic carbocycles. The highest BCUT2D eigenvalue weighted by Gasteiger charge is 2.21. The summed E-state index contributed by atoms with van der Waals surface area (Å²) in [6.45, 7) is 3.21. The van der Waals surface area contributed by atoms with Gasteiger partial charge in [-0.15, -0.1) is 24.2 Å². The average molecular weight is 351 g/mol. The SMILES string of the molecule is CC(CN)CNC(=O)C(Sc1ccccc1)c1ccccc1.Cl. The van der Waals surface area contributed by atoms with Crippen molar-refractivity contribution >= 4 is 30.1 Å². The van der Waals surface area contributed by atoms with Gasteiger partial charge in [-0.3, -0.25) is 4.79 Å². The minimum atomic E-state index is -0.256. The monoisotopic (exact) mass is 350 g/mol. The molecular weight excluding hydrogens is 328 g/mol. The van der Waals surface area contributed by atoms with Crippen LogP contribution >= 0.6 is 24.2 Å². The number of nitrogens with two attached hydrogens (primary N) is 1. The molecule has 124 valence electrons. The quantitative estimate of drug-likeness (QED) is 0.749. The number of thioether (sulfide) groups is 1. The Kier molecular flexibility index (Phi) is 8.77. The van der Waals surface area contributed by atoms with Gasteiger partial charge in [0.2, 0.25) is 5.91 Å². The van der Waals surface area contributed by atoms with E-state index in [1.54, 1.807) is 11.8 Å². The van der Waals surface area contributed by atoms with Crippen molar-refractivity contribution in [3.8, 4) is 0 Å². The van der Waals surface area contributed by atoms with Crippen LogP contribution in [-0.2, 0) is 4.79 Å². The molecule has 2 aromatic rings. The van der Waals surface area contributed by atoms with E-state index >= 15 is 0 Å². The molecule has 5 heteroatoms. The van der Waals surface area contributed by atoms with Crippen LogP contribution in [0.5, 0.6) is 0 Å². The molecule has 1 amide bonds. The first kappa shape index (κ1) is 19.6. The third-order valence-corrected chi connectivity index (χ3v) is 4.63. The van der Waals surface area contributed by atoms with Crippen molar-refractivity contribution < 1.29 is 4.79 Å². The van der Waals surface area contributed by atoms with Crippen LogP contribution in [-0.4, -0.2) is 19.0 Å². The predicted molar refractivity (Wildman–Crippen MR) is 100.0 cm³/mol. The van der Waals surface area contributed by atoms with Crippen LogP contribution in [0.1, 0.15) is 17.7 Å². The second-order valence-corrected chi connectivity index (χ2v) is 6.49. The van der Waals surface area contributed by atoms with Crippen molar-refractivity contribution in [2.24, 2.45) is 11.7 Å². The largest absolute Gasteiger partial charge is 0.355 e. The molecule has 0 heterocycles. The van der Waals surface area contributed by atoms with Gasteiger partial charge in [0.15, 0.2) is 0 Å². The van der Waals surface area contributed by atoms with Crippen LogP contribution in [0.25, 0.3) is 0 Å². The first-order chi connectivity index (χ1) is 10.7. The number of carbonyl (C=O) groups excluding carboxylic acids is 1. The molecule has 0 saturated carbocycles. The predicted octanol–water partition coefficient (Wildman–Crippen LogP) is 3.65. The molecule has 3 nitrogen and oxygen atoms in total. The second-order valence-electron chi connectivity index (χ2n) is 5.31. The van der Waals surface area contributed by atoms with Crippen LogP contribution in [0.3, 0.4) is 0 Å². The van der Waals surface area contributed by atoms with E-state index < -0.39 is 0 Å². The topological polar surface area (TPSA) is 55.1 Å². The Morgan fingerprint density at radius 2 is 1.65 bits per heavy atom. The first-order valence-corrected chi connectivity index (χ1v) is 8.33. The van der Waals surface area contributed by atoms with Gasteiger partial charge in [-0.05, 0) is 30.2 Å². The van der Waals surface area contributed by atoms with E-state index in [2.05, 4.69) is 5.32 Å². The van der Waals surface area contributed by atoms with Gasteiger partial charge in [0.25, 0.3) is 0 Å². The van der Waals surface area contributed by atoms with Crippen LogP contribution in [0.2, 0.25) is 0 Å². The highest BCUT2D eigenvalue weighted by molar-refractivity contribution is 8.00. The van der Waals surface area contributed by atoms with Crippen molar-refractivity contribution in [1.29, 1.82) is 0 Å². The molecule has 2 rings (SSSR count). The van der Waals surface area contributed by atoms with Crippen molar-refractivity contribution in [3.05, 3.63) is 66.2 Å². The lowest BCUT2D eigenvalue weighted by Crippen LogP contribution is -2.33. The summed E-state index contributed by atoms with van der Waals surface area (Å²) >= 11 is 1.57. The molecule has 23 heavy (non-hydrogen) atoms. The van der Waals surface area contributed by atoms with E-state index in [1.807, 2.05) is 67.6 Å². The Hall–Kier alpha value is -1.49. The number of hydrogen-bond donors (Lipinski definition) is 2. The molecule has 2 aromatic carbocycles. The fourth-order valence-corrected chi connectivity index (χ4v) is 3.06. The van der Waals surface area contributed by atoms with E-state index in [0.717, 1.165) is 10.5 Å². The average Bonchev–Trinajstić information content (AvgIpc) is 2.59. The van der Waals surface area contributed by atoms with Crippen LogP contribution in [0.4, 0.5) is 0 Å². The number of benzene rings is 2. The van der Waals surface area contributed by atoms with Crippen LogP contribution < -0.4 is 11.1 Å². The van der Waals surface area contributed by atoms with Gasteiger partial charge >= 0.3 is 0 Å². The summed E-state index contributed by atoms with van der Waals surface area (Å²) in [5.74, 6) is 0.308. The van der Waals surface area contributed by atoms with Gasteiger partial charge in [0, 0.05) is 11.4 Å². The highest BCUT2D eigenvalue weighted by atomic mass is 35.5. The molecule has 0 bridgehead atoms. The number of amides is 1. The molecule has 0 aromatic heterocycles. The fraction of sp³-hybridized carbons (Fsp3) is 0.278. The zero-order chi connectivity index (χ0) is 15.8. The lowest BCUT2D eigenvalue weighted by atomic mass is 10.1. The zero-order valence-electron chi connectivity index (χ0n) is 13.1. The van der Waals surface area contributed by atoms with E-state index in [1.165, 1.54) is 0 Å². The van der Waals surface area contributed by atoms with Crippen molar-refractivity contribution in [1.82, 2.24) is 5.32 Å². The molecule has 0 aliphatic rings. The van der Waals surface area contributed by atoms with Gasteiger partial charge in [-0.25, -0.2) is 0 Å². The van der Waals surface area contributed by atoms with Crippen molar-refractivity contribution in [3.63, 3.8) is 0 Å². The molecular formula is C18H23ClN2OS. The molecule has 2 unspecified atom stereocenters. The Morgan fingerprint density at radius 1 is 1.09 bits per heavy atom. The number of halogens is 1. The minimum absolute atomic E-state index is 0. The third-order valence-electron chi connectivity index (χ3n) is 3.36. The van der Waals surface area contributed by atoms with E-state index in [-0.39, 0.29) is 29.5 Å². The zero-order valence-corrected chi connectivity index (χ0v) is 14.8. The van der Waals surface area contributed by atoms with Crippen molar-refractivity contribution in [2.45, 2.75) is 17.1 Å². The number of rotatable bonds is 7. The Morgan fingerprint density at radius 3 is 2.22 bits per heavy atom. The van der Waals surface area contributed by atoms with Crippen LogP contribution in [0.15, 0.2) is 65.6 Å². The number of carbonyl (C=O) groups is 1. The molecule has 0 spiro atoms. The normalized spacial score (nSPS) is 12.8. The Bertz CT molecular complexity index is 580. The number of nitrogens with one attached hydrogen (secondary N) is 1. The van der Waals surface area contributed by atoms with E-state index in [4.69, 9.17) is 5.73 Å². The Labute approximate surface area is 148 Å². The molecule has 0 radical (unpaired) electrons. The highest BCUT2D eigenvalue weighted by Crippen LogP contribution is 2.35. The lowest BCUT2D eigenvalue weighted by molar-refractivity contribution is -0.120. The summed E-state index contributed by atoms with van der Waals surface area (Å²) in [5.41, 5.74) is 6.62. The summed E-state index contributed by atoms with van der Waals surface area (Å²) in [6.07, 6.45) is 0. The van der Waals surface area contributed by atoms with Gasteiger partial charge in [0.1, 0.15) is 5.25 Å². The minimum Gasteiger partial charge on any atom is -0.355 e. The van der Waals surface area contributed by atoms with Crippen LogP contribution in [0, 0.1) is 5.92 Å². The maximum atomic E-state index is 12.6. The van der Waals surface area contributed by atoms with Gasteiger partial charge in [0.05, 0.1) is 0 Å². The first-order valence-electron chi connectivity index (χ1n) is 7.45. The lowest BCUT2D eigenvalue weighted by Gasteiger charge is -2.18. The molecule has 3 N–H and O–H groups in total. The molecule has 0 saturated heterocycles. The van der Waals surface area contributed by atoms with Gasteiger partial charge in [-0.1, -0.05) is 55.5 Å². The number of hydrogen-bond acceptors (Lipinski definition) is 3.